The number of allylic oxidation sites excluding steroid dienone is 6. The van der Waals surface area contributed by atoms with Crippen molar-refractivity contribution in [2.24, 2.45) is 11.3 Å². The Labute approximate surface area is 114 Å². The van der Waals surface area contributed by atoms with Gasteiger partial charge in [-0.2, -0.15) is 0 Å². The van der Waals surface area contributed by atoms with E-state index in [1.165, 1.54) is 5.57 Å². The summed E-state index contributed by atoms with van der Waals surface area (Å²) in [6.07, 6.45) is 19.3. The maximum absolute atomic E-state index is 5.48. The van der Waals surface area contributed by atoms with Gasteiger partial charge in [0.1, 0.15) is 0 Å². The molecule has 0 N–H and O–H groups in total. The van der Waals surface area contributed by atoms with Crippen LogP contribution in [0.15, 0.2) is 36.0 Å². The lowest BCUT2D eigenvalue weighted by Crippen LogP contribution is -2.15. The summed E-state index contributed by atoms with van der Waals surface area (Å²) in [6, 6.07) is 0. The maximum atomic E-state index is 5.48. The number of rotatable bonds is 3. The van der Waals surface area contributed by atoms with E-state index >= 15 is 0 Å². The molecule has 0 nitrogen and oxygen atoms in total. The van der Waals surface area contributed by atoms with Gasteiger partial charge in [-0.25, -0.2) is 0 Å². The van der Waals surface area contributed by atoms with Crippen molar-refractivity contribution in [3.05, 3.63) is 36.0 Å². The van der Waals surface area contributed by atoms with Gasteiger partial charge in [-0.05, 0) is 24.2 Å². The van der Waals surface area contributed by atoms with Crippen LogP contribution in [0.2, 0.25) is 0 Å². The molecule has 18 heavy (non-hydrogen) atoms. The summed E-state index contributed by atoms with van der Waals surface area (Å²) in [6.45, 7) is 10.8. The standard InChI is InChI=1S/C16H22.C2H6/c1-5-10-15(13-16(2,3)4)14-11-8-6-7-9-12-14;1-2/h1,6-9,11,15H,10,12-13H2,2-4H3;1-2H3. The highest BCUT2D eigenvalue weighted by atomic mass is 14.2. The Morgan fingerprint density at radius 1 is 1.22 bits per heavy atom. The normalized spacial score (nSPS) is 15.9. The first kappa shape index (κ1) is 16.8. The maximum Gasteiger partial charge on any atom is 0.0152 e. The van der Waals surface area contributed by atoms with Crippen LogP contribution in [0.1, 0.15) is 53.9 Å². The highest BCUT2D eigenvalue weighted by Gasteiger charge is 2.20. The molecule has 0 saturated heterocycles. The van der Waals surface area contributed by atoms with Crippen molar-refractivity contribution >= 4 is 0 Å². The Morgan fingerprint density at radius 2 is 1.89 bits per heavy atom. The topological polar surface area (TPSA) is 0 Å². The van der Waals surface area contributed by atoms with E-state index in [1.54, 1.807) is 0 Å². The molecule has 1 unspecified atom stereocenters. The Hall–Kier alpha value is -1.22. The second-order valence-electron chi connectivity index (χ2n) is 5.63. The number of hydrogen-bond acceptors (Lipinski definition) is 0. The SMILES string of the molecule is C#CCC(CC(C)(C)C)C1=CC=CC=CC1.CC. The predicted molar refractivity (Wildman–Crippen MR) is 83.3 cm³/mol. The van der Waals surface area contributed by atoms with Crippen LogP contribution >= 0.6 is 0 Å². The summed E-state index contributed by atoms with van der Waals surface area (Å²) in [7, 11) is 0. The quantitative estimate of drug-likeness (QED) is 0.572. The van der Waals surface area contributed by atoms with Gasteiger partial charge in [0.2, 0.25) is 0 Å². The van der Waals surface area contributed by atoms with E-state index in [-0.39, 0.29) is 0 Å². The Morgan fingerprint density at radius 3 is 2.44 bits per heavy atom. The third-order valence-electron chi connectivity index (χ3n) is 2.77. The van der Waals surface area contributed by atoms with Crippen LogP contribution in [-0.4, -0.2) is 0 Å². The molecular weight excluding hydrogens is 216 g/mol. The molecule has 0 aromatic rings. The lowest BCUT2D eigenvalue weighted by Gasteiger charge is -2.26. The first-order valence-electron chi connectivity index (χ1n) is 6.98. The third kappa shape index (κ3) is 7.17. The lowest BCUT2D eigenvalue weighted by molar-refractivity contribution is 0.318. The monoisotopic (exact) mass is 244 g/mol. The molecule has 1 aliphatic rings. The van der Waals surface area contributed by atoms with Crippen molar-refractivity contribution in [3.8, 4) is 12.3 Å². The molecule has 0 aromatic carbocycles. The molecular formula is C18H28. The second kappa shape index (κ2) is 8.81. The van der Waals surface area contributed by atoms with Gasteiger partial charge in [-0.3, -0.25) is 0 Å². The Balaban J connectivity index is 0.00000137. The molecule has 1 rings (SSSR count). The van der Waals surface area contributed by atoms with Gasteiger partial charge in [-0.15, -0.1) is 12.3 Å². The molecule has 0 spiro atoms. The molecule has 0 amide bonds. The van der Waals surface area contributed by atoms with Crippen molar-refractivity contribution < 1.29 is 0 Å². The van der Waals surface area contributed by atoms with Gasteiger partial charge in [-0.1, -0.05) is 70.6 Å². The minimum atomic E-state index is 0.335. The molecule has 0 bridgehead atoms. The number of hydrogen-bond donors (Lipinski definition) is 0. The van der Waals surface area contributed by atoms with E-state index in [4.69, 9.17) is 6.42 Å². The van der Waals surface area contributed by atoms with Crippen molar-refractivity contribution in [1.82, 2.24) is 0 Å². The zero-order valence-corrected chi connectivity index (χ0v) is 12.7. The average Bonchev–Trinajstić information content (AvgIpc) is 2.58. The van der Waals surface area contributed by atoms with E-state index in [0.29, 0.717) is 11.3 Å². The highest BCUT2D eigenvalue weighted by molar-refractivity contribution is 5.25. The average molecular weight is 244 g/mol. The van der Waals surface area contributed by atoms with Gasteiger partial charge in [0.05, 0.1) is 0 Å². The number of terminal acetylenes is 1. The van der Waals surface area contributed by atoms with Gasteiger partial charge in [0, 0.05) is 6.42 Å². The van der Waals surface area contributed by atoms with Crippen LogP contribution in [0.3, 0.4) is 0 Å². The summed E-state index contributed by atoms with van der Waals surface area (Å²) in [5.41, 5.74) is 1.81. The molecule has 0 heterocycles. The molecule has 1 aliphatic carbocycles. The van der Waals surface area contributed by atoms with E-state index in [1.807, 2.05) is 13.8 Å². The van der Waals surface area contributed by atoms with Crippen LogP contribution in [0.25, 0.3) is 0 Å². The largest absolute Gasteiger partial charge is 0.120 e. The fourth-order valence-corrected chi connectivity index (χ4v) is 2.11. The van der Waals surface area contributed by atoms with Crippen LogP contribution in [-0.2, 0) is 0 Å². The molecule has 0 saturated carbocycles. The fraction of sp³-hybridized carbons (Fsp3) is 0.556. The molecule has 0 aromatic heterocycles. The van der Waals surface area contributed by atoms with Gasteiger partial charge in [0.15, 0.2) is 0 Å². The first-order valence-corrected chi connectivity index (χ1v) is 6.98. The molecule has 0 heteroatoms. The molecule has 1 atom stereocenters. The first-order chi connectivity index (χ1) is 8.53. The summed E-state index contributed by atoms with van der Waals surface area (Å²) < 4.78 is 0. The van der Waals surface area contributed by atoms with Crippen molar-refractivity contribution in [3.63, 3.8) is 0 Å². The van der Waals surface area contributed by atoms with E-state index in [2.05, 4.69) is 57.1 Å². The minimum Gasteiger partial charge on any atom is -0.120 e. The molecule has 100 valence electrons. The van der Waals surface area contributed by atoms with Crippen LogP contribution in [0.4, 0.5) is 0 Å². The summed E-state index contributed by atoms with van der Waals surface area (Å²) in [5, 5.41) is 0. The summed E-state index contributed by atoms with van der Waals surface area (Å²) in [4.78, 5) is 0. The summed E-state index contributed by atoms with van der Waals surface area (Å²) >= 11 is 0. The highest BCUT2D eigenvalue weighted by Crippen LogP contribution is 2.32. The van der Waals surface area contributed by atoms with E-state index < -0.39 is 0 Å². The molecule has 0 aliphatic heterocycles. The molecule has 0 fully saturated rings. The van der Waals surface area contributed by atoms with E-state index in [9.17, 15) is 0 Å². The minimum absolute atomic E-state index is 0.335. The zero-order chi connectivity index (χ0) is 14.0. The van der Waals surface area contributed by atoms with Gasteiger partial charge < -0.3 is 0 Å². The Bertz CT molecular complexity index is 339. The van der Waals surface area contributed by atoms with Gasteiger partial charge in [0.25, 0.3) is 0 Å². The van der Waals surface area contributed by atoms with Crippen molar-refractivity contribution in [1.29, 1.82) is 0 Å². The zero-order valence-electron chi connectivity index (χ0n) is 12.7. The third-order valence-corrected chi connectivity index (χ3v) is 2.77. The van der Waals surface area contributed by atoms with Crippen molar-refractivity contribution in [2.45, 2.75) is 53.9 Å². The van der Waals surface area contributed by atoms with Crippen molar-refractivity contribution in [2.75, 3.05) is 0 Å². The second-order valence-corrected chi connectivity index (χ2v) is 5.63. The summed E-state index contributed by atoms with van der Waals surface area (Å²) in [5.74, 6) is 3.34. The fourth-order valence-electron chi connectivity index (χ4n) is 2.11. The van der Waals surface area contributed by atoms with Gasteiger partial charge >= 0.3 is 0 Å². The van der Waals surface area contributed by atoms with Crippen LogP contribution in [0.5, 0.6) is 0 Å². The smallest absolute Gasteiger partial charge is 0.0152 e. The Kier molecular flexibility index (Phi) is 8.21. The van der Waals surface area contributed by atoms with E-state index in [0.717, 1.165) is 19.3 Å². The van der Waals surface area contributed by atoms with Crippen LogP contribution < -0.4 is 0 Å². The predicted octanol–water partition coefficient (Wildman–Crippen LogP) is 5.53. The lowest BCUT2D eigenvalue weighted by atomic mass is 9.79. The van der Waals surface area contributed by atoms with Crippen LogP contribution in [0, 0.1) is 23.7 Å². The molecule has 0 radical (unpaired) electrons.